The molecular weight excluding hydrogens is 254 g/mol. The number of phenols is 1. The molecule has 0 radical (unpaired) electrons. The molecule has 1 aromatic rings. The number of anilines is 1. The van der Waals surface area contributed by atoms with E-state index in [-0.39, 0.29) is 11.7 Å². The second kappa shape index (κ2) is 5.71. The van der Waals surface area contributed by atoms with Crippen molar-refractivity contribution in [1.82, 2.24) is 4.90 Å². The zero-order valence-electron chi connectivity index (χ0n) is 12.2. The molecular formula is C15H23N3O2. The van der Waals surface area contributed by atoms with Crippen LogP contribution in [-0.2, 0) is 4.79 Å². The van der Waals surface area contributed by atoms with Gasteiger partial charge in [-0.3, -0.25) is 4.79 Å². The summed E-state index contributed by atoms with van der Waals surface area (Å²) in [5, 5.41) is 9.30. The molecule has 1 amide bonds. The van der Waals surface area contributed by atoms with Crippen molar-refractivity contribution in [1.29, 1.82) is 0 Å². The van der Waals surface area contributed by atoms with E-state index < -0.39 is 5.54 Å². The molecule has 110 valence electrons. The van der Waals surface area contributed by atoms with Crippen molar-refractivity contribution < 1.29 is 9.90 Å². The Balaban J connectivity index is 1.96. The fourth-order valence-corrected chi connectivity index (χ4v) is 2.34. The highest BCUT2D eigenvalue weighted by atomic mass is 16.3. The predicted molar refractivity (Wildman–Crippen MR) is 79.8 cm³/mol. The zero-order valence-corrected chi connectivity index (χ0v) is 12.2. The number of carbonyl (C=O) groups excluding carboxylic acids is 1. The summed E-state index contributed by atoms with van der Waals surface area (Å²) < 4.78 is 0. The molecule has 0 aromatic heterocycles. The van der Waals surface area contributed by atoms with Gasteiger partial charge in [-0.05, 0) is 37.6 Å². The number of aromatic hydroxyl groups is 1. The van der Waals surface area contributed by atoms with Gasteiger partial charge in [0.25, 0.3) is 0 Å². The number of phenolic OH excluding ortho intramolecular Hbond substituents is 1. The summed E-state index contributed by atoms with van der Waals surface area (Å²) in [5.74, 6) is 0.301. The van der Waals surface area contributed by atoms with E-state index in [9.17, 15) is 9.90 Å². The molecule has 1 unspecified atom stereocenters. The van der Waals surface area contributed by atoms with Crippen LogP contribution in [0.3, 0.4) is 0 Å². The van der Waals surface area contributed by atoms with Crippen LogP contribution in [0.5, 0.6) is 5.75 Å². The molecule has 3 N–H and O–H groups in total. The Morgan fingerprint density at radius 3 is 2.30 bits per heavy atom. The van der Waals surface area contributed by atoms with E-state index in [1.54, 1.807) is 19.1 Å². The largest absolute Gasteiger partial charge is 0.508 e. The Kier molecular flexibility index (Phi) is 4.18. The molecule has 0 saturated carbocycles. The smallest absolute Gasteiger partial charge is 0.242 e. The molecule has 0 spiro atoms. The minimum absolute atomic E-state index is 0.0327. The van der Waals surface area contributed by atoms with Gasteiger partial charge in [-0.2, -0.15) is 0 Å². The van der Waals surface area contributed by atoms with Crippen LogP contribution < -0.4 is 10.6 Å². The first-order valence-corrected chi connectivity index (χ1v) is 7.06. The lowest BCUT2D eigenvalue weighted by atomic mass is 9.98. The maximum Gasteiger partial charge on any atom is 0.242 e. The van der Waals surface area contributed by atoms with Crippen molar-refractivity contribution in [2.75, 3.05) is 31.1 Å². The Labute approximate surface area is 120 Å². The first kappa shape index (κ1) is 14.7. The van der Waals surface area contributed by atoms with Gasteiger partial charge in [0.2, 0.25) is 5.91 Å². The Morgan fingerprint density at radius 2 is 1.80 bits per heavy atom. The fraction of sp³-hybridized carbons (Fsp3) is 0.533. The third-order valence-corrected chi connectivity index (χ3v) is 4.00. The SMILES string of the molecule is CCC(C)(N)C(=O)N1CCN(c2ccc(O)cc2)CC1. The summed E-state index contributed by atoms with van der Waals surface area (Å²) in [6.45, 7) is 6.68. The summed E-state index contributed by atoms with van der Waals surface area (Å²) in [6.07, 6.45) is 0.643. The van der Waals surface area contributed by atoms with Gasteiger partial charge in [0.1, 0.15) is 5.75 Å². The van der Waals surface area contributed by atoms with Gasteiger partial charge in [0, 0.05) is 31.9 Å². The fourth-order valence-electron chi connectivity index (χ4n) is 2.34. The molecule has 5 heteroatoms. The molecule has 5 nitrogen and oxygen atoms in total. The second-order valence-corrected chi connectivity index (χ2v) is 5.57. The van der Waals surface area contributed by atoms with Gasteiger partial charge in [-0.25, -0.2) is 0 Å². The third kappa shape index (κ3) is 3.04. The van der Waals surface area contributed by atoms with Crippen LogP contribution in [0.15, 0.2) is 24.3 Å². The van der Waals surface area contributed by atoms with Crippen LogP contribution in [0.4, 0.5) is 5.69 Å². The number of nitrogens with zero attached hydrogens (tertiary/aromatic N) is 2. The van der Waals surface area contributed by atoms with E-state index in [2.05, 4.69) is 4.90 Å². The van der Waals surface area contributed by atoms with Gasteiger partial charge in [-0.1, -0.05) is 6.92 Å². The molecule has 0 aliphatic carbocycles. The van der Waals surface area contributed by atoms with E-state index >= 15 is 0 Å². The highest BCUT2D eigenvalue weighted by Crippen LogP contribution is 2.20. The lowest BCUT2D eigenvalue weighted by molar-refractivity contribution is -0.136. The second-order valence-electron chi connectivity index (χ2n) is 5.57. The van der Waals surface area contributed by atoms with Crippen molar-refractivity contribution in [2.45, 2.75) is 25.8 Å². The van der Waals surface area contributed by atoms with E-state index in [4.69, 9.17) is 5.73 Å². The number of piperazine rings is 1. The highest BCUT2D eigenvalue weighted by Gasteiger charge is 2.32. The number of rotatable bonds is 3. The maximum absolute atomic E-state index is 12.3. The van der Waals surface area contributed by atoms with E-state index in [0.29, 0.717) is 19.5 Å². The van der Waals surface area contributed by atoms with Crippen LogP contribution in [0, 0.1) is 0 Å². The van der Waals surface area contributed by atoms with Crippen LogP contribution in [-0.4, -0.2) is 47.6 Å². The number of benzene rings is 1. The normalized spacial score (nSPS) is 18.8. The van der Waals surface area contributed by atoms with Crippen molar-refractivity contribution >= 4 is 11.6 Å². The molecule has 1 fully saturated rings. The summed E-state index contributed by atoms with van der Waals surface area (Å²) in [4.78, 5) is 16.3. The molecule has 1 aliphatic heterocycles. The summed E-state index contributed by atoms with van der Waals surface area (Å²) in [7, 11) is 0. The van der Waals surface area contributed by atoms with Gasteiger partial charge in [0.05, 0.1) is 5.54 Å². The molecule has 1 aromatic carbocycles. The summed E-state index contributed by atoms with van der Waals surface area (Å²) in [6, 6.07) is 7.15. The van der Waals surface area contributed by atoms with Gasteiger partial charge < -0.3 is 20.6 Å². The Hall–Kier alpha value is -1.75. The lowest BCUT2D eigenvalue weighted by Crippen LogP contribution is -2.58. The van der Waals surface area contributed by atoms with Crippen LogP contribution in [0.25, 0.3) is 0 Å². The average Bonchev–Trinajstić information content (AvgIpc) is 2.47. The third-order valence-electron chi connectivity index (χ3n) is 4.00. The monoisotopic (exact) mass is 277 g/mol. The number of hydrogen-bond acceptors (Lipinski definition) is 4. The highest BCUT2D eigenvalue weighted by molar-refractivity contribution is 5.85. The van der Waals surface area contributed by atoms with Crippen molar-refractivity contribution in [3.63, 3.8) is 0 Å². The van der Waals surface area contributed by atoms with Crippen LogP contribution in [0.1, 0.15) is 20.3 Å². The average molecular weight is 277 g/mol. The van der Waals surface area contributed by atoms with E-state index in [1.807, 2.05) is 24.0 Å². The van der Waals surface area contributed by atoms with Crippen molar-refractivity contribution in [3.8, 4) is 5.75 Å². The van der Waals surface area contributed by atoms with E-state index in [0.717, 1.165) is 18.8 Å². The zero-order chi connectivity index (χ0) is 14.8. The van der Waals surface area contributed by atoms with Crippen LogP contribution in [0.2, 0.25) is 0 Å². The molecule has 2 rings (SSSR count). The molecule has 0 bridgehead atoms. The Bertz CT molecular complexity index is 463. The Morgan fingerprint density at radius 1 is 1.25 bits per heavy atom. The molecule has 20 heavy (non-hydrogen) atoms. The molecule has 1 aliphatic rings. The number of nitrogens with two attached hydrogens (primary N) is 1. The van der Waals surface area contributed by atoms with E-state index in [1.165, 1.54) is 0 Å². The first-order valence-electron chi connectivity index (χ1n) is 7.06. The maximum atomic E-state index is 12.3. The molecule has 1 heterocycles. The molecule has 1 saturated heterocycles. The minimum Gasteiger partial charge on any atom is -0.508 e. The number of carbonyl (C=O) groups is 1. The quantitative estimate of drug-likeness (QED) is 0.870. The number of amides is 1. The minimum atomic E-state index is -0.763. The molecule has 1 atom stereocenters. The van der Waals surface area contributed by atoms with Crippen molar-refractivity contribution in [2.24, 2.45) is 5.73 Å². The topological polar surface area (TPSA) is 69.8 Å². The van der Waals surface area contributed by atoms with Crippen molar-refractivity contribution in [3.05, 3.63) is 24.3 Å². The van der Waals surface area contributed by atoms with Gasteiger partial charge >= 0.3 is 0 Å². The van der Waals surface area contributed by atoms with Crippen LogP contribution >= 0.6 is 0 Å². The summed E-state index contributed by atoms with van der Waals surface area (Å²) in [5.41, 5.74) is 6.33. The first-order chi connectivity index (χ1) is 9.44. The van der Waals surface area contributed by atoms with Gasteiger partial charge in [0.15, 0.2) is 0 Å². The standard InChI is InChI=1S/C15H23N3O2/c1-3-15(2,16)14(20)18-10-8-17(9-11-18)12-4-6-13(19)7-5-12/h4-7,19H,3,8-11,16H2,1-2H3. The van der Waals surface area contributed by atoms with Gasteiger partial charge in [-0.15, -0.1) is 0 Å². The lowest BCUT2D eigenvalue weighted by Gasteiger charge is -2.39. The number of hydrogen-bond donors (Lipinski definition) is 2. The predicted octanol–water partition coefficient (Wildman–Crippen LogP) is 1.17. The summed E-state index contributed by atoms with van der Waals surface area (Å²) >= 11 is 0.